The Morgan fingerprint density at radius 3 is 2.68 bits per heavy atom. The quantitative estimate of drug-likeness (QED) is 0.648. The highest BCUT2D eigenvalue weighted by molar-refractivity contribution is 6.14. The predicted molar refractivity (Wildman–Crippen MR) is 108 cm³/mol. The number of anilines is 1. The number of carbonyl (C=O) groups is 1. The van der Waals surface area contributed by atoms with Gasteiger partial charge in [-0.25, -0.2) is 4.98 Å². The number of aromatic nitrogens is 1. The van der Waals surface area contributed by atoms with Crippen LogP contribution in [0.2, 0.25) is 0 Å². The Hall–Kier alpha value is -3.18. The second-order valence-corrected chi connectivity index (χ2v) is 7.04. The van der Waals surface area contributed by atoms with Crippen molar-refractivity contribution in [3.63, 3.8) is 0 Å². The highest BCUT2D eigenvalue weighted by atomic mass is 16.5. The number of ketones is 1. The van der Waals surface area contributed by atoms with Crippen molar-refractivity contribution in [3.8, 4) is 5.75 Å². The Kier molecular flexibility index (Phi) is 4.29. The topological polar surface area (TPSA) is 52.9 Å². The Labute approximate surface area is 163 Å². The fraction of sp³-hybridized carbons (Fsp3) is 0.217. The summed E-state index contributed by atoms with van der Waals surface area (Å²) in [4.78, 5) is 18.8. The van der Waals surface area contributed by atoms with Crippen molar-refractivity contribution in [1.82, 2.24) is 0 Å². The summed E-state index contributed by atoms with van der Waals surface area (Å²) in [7, 11) is 0. The largest absolute Gasteiger partial charge is 0.488 e. The number of carbonyl (C=O) groups excluding carboxylic acids is 1. The zero-order valence-corrected chi connectivity index (χ0v) is 15.5. The summed E-state index contributed by atoms with van der Waals surface area (Å²) >= 11 is 0. The lowest BCUT2D eigenvalue weighted by molar-refractivity contribution is -0.331. The van der Waals surface area contributed by atoms with Crippen LogP contribution in [0, 0.1) is 0 Å². The Morgan fingerprint density at radius 1 is 1.00 bits per heavy atom. The molecular weight excluding hydrogens is 352 g/mol. The number of hydrogen-bond acceptors (Lipinski definition) is 4. The molecule has 2 aromatic carbocycles. The van der Waals surface area contributed by atoms with Crippen LogP contribution in [0.5, 0.6) is 5.75 Å². The fourth-order valence-corrected chi connectivity index (χ4v) is 3.80. The van der Waals surface area contributed by atoms with Gasteiger partial charge in [0.25, 0.3) is 5.82 Å². The molecule has 1 aromatic heterocycles. The fourth-order valence-electron chi connectivity index (χ4n) is 3.80. The summed E-state index contributed by atoms with van der Waals surface area (Å²) < 4.78 is 11.3. The van der Waals surface area contributed by atoms with Gasteiger partial charge in [0.15, 0.2) is 5.78 Å². The zero-order valence-electron chi connectivity index (χ0n) is 15.5. The third-order valence-corrected chi connectivity index (χ3v) is 5.26. The van der Waals surface area contributed by atoms with Crippen molar-refractivity contribution in [2.45, 2.75) is 0 Å². The van der Waals surface area contributed by atoms with E-state index in [0.717, 1.165) is 35.4 Å². The summed E-state index contributed by atoms with van der Waals surface area (Å²) in [6.45, 7) is 3.32. The first-order valence-electron chi connectivity index (χ1n) is 9.54. The van der Waals surface area contributed by atoms with Crippen LogP contribution in [0.25, 0.3) is 17.0 Å². The molecule has 2 aliphatic rings. The number of para-hydroxylation sites is 2. The van der Waals surface area contributed by atoms with Crippen LogP contribution in [0.1, 0.15) is 15.9 Å². The van der Waals surface area contributed by atoms with Gasteiger partial charge in [-0.3, -0.25) is 9.69 Å². The maximum absolute atomic E-state index is 13.0. The molecule has 5 heteroatoms. The lowest BCUT2D eigenvalue weighted by Crippen LogP contribution is -2.40. The number of H-pyrrole nitrogens is 1. The van der Waals surface area contributed by atoms with Gasteiger partial charge in [-0.1, -0.05) is 30.3 Å². The Morgan fingerprint density at radius 2 is 1.79 bits per heavy atom. The Bertz CT molecular complexity index is 1080. The maximum Gasteiger partial charge on any atom is 0.282 e. The summed E-state index contributed by atoms with van der Waals surface area (Å²) in [5.74, 6) is 1.70. The molecule has 28 heavy (non-hydrogen) atoms. The number of benzene rings is 2. The van der Waals surface area contributed by atoms with Crippen molar-refractivity contribution in [1.29, 1.82) is 0 Å². The van der Waals surface area contributed by atoms with Crippen LogP contribution in [0.15, 0.2) is 60.2 Å². The molecule has 2 aliphatic heterocycles. The molecule has 1 saturated heterocycles. The number of rotatable bonds is 2. The van der Waals surface area contributed by atoms with Crippen molar-refractivity contribution in [2.24, 2.45) is 0 Å². The number of aromatic amines is 1. The Balaban J connectivity index is 1.61. The number of ether oxygens (including phenoxy) is 2. The van der Waals surface area contributed by atoms with Crippen LogP contribution in [-0.2, 0) is 4.74 Å². The first kappa shape index (κ1) is 17.0. The van der Waals surface area contributed by atoms with Gasteiger partial charge in [-0.05, 0) is 30.3 Å². The van der Waals surface area contributed by atoms with Gasteiger partial charge < -0.3 is 9.47 Å². The smallest absolute Gasteiger partial charge is 0.282 e. The van der Waals surface area contributed by atoms with Crippen LogP contribution in [0.3, 0.4) is 0 Å². The van der Waals surface area contributed by atoms with Gasteiger partial charge in [0, 0.05) is 11.0 Å². The lowest BCUT2D eigenvalue weighted by atomic mass is 9.98. The van der Waals surface area contributed by atoms with E-state index < -0.39 is 0 Å². The molecule has 0 amide bonds. The van der Waals surface area contributed by atoms with E-state index in [1.54, 1.807) is 0 Å². The second-order valence-electron chi connectivity index (χ2n) is 7.04. The van der Waals surface area contributed by atoms with E-state index in [1.807, 2.05) is 42.5 Å². The van der Waals surface area contributed by atoms with E-state index in [0.29, 0.717) is 30.1 Å². The predicted octanol–water partition coefficient (Wildman–Crippen LogP) is 3.15. The van der Waals surface area contributed by atoms with Crippen LogP contribution >= 0.6 is 0 Å². The number of hydrogen-bond donors (Lipinski definition) is 0. The molecule has 5 rings (SSSR count). The molecule has 0 bridgehead atoms. The first-order valence-corrected chi connectivity index (χ1v) is 9.54. The second kappa shape index (κ2) is 7.09. The average Bonchev–Trinajstić information content (AvgIpc) is 2.76. The summed E-state index contributed by atoms with van der Waals surface area (Å²) in [6.07, 6.45) is 1.96. The van der Waals surface area contributed by atoms with Gasteiger partial charge in [0.2, 0.25) is 0 Å². The maximum atomic E-state index is 13.0. The first-order chi connectivity index (χ1) is 13.8. The van der Waals surface area contributed by atoms with E-state index in [-0.39, 0.29) is 12.4 Å². The highest BCUT2D eigenvalue weighted by Gasteiger charge is 2.26. The van der Waals surface area contributed by atoms with Crippen molar-refractivity contribution < 1.29 is 19.3 Å². The summed E-state index contributed by atoms with van der Waals surface area (Å²) in [6, 6.07) is 17.7. The SMILES string of the molecule is O=C1/C(=C/c2cc3ccccc3[nH+]c2N2CCOCC2)COc2ccccc21. The van der Waals surface area contributed by atoms with E-state index in [2.05, 4.69) is 28.1 Å². The number of morpholine rings is 1. The molecule has 0 radical (unpaired) electrons. The zero-order chi connectivity index (χ0) is 18.9. The van der Waals surface area contributed by atoms with Crippen molar-refractivity contribution in [3.05, 3.63) is 71.3 Å². The number of nitrogens with one attached hydrogen (secondary N) is 1. The average molecular weight is 373 g/mol. The highest BCUT2D eigenvalue weighted by Crippen LogP contribution is 2.29. The minimum absolute atomic E-state index is 0.0305. The molecule has 3 heterocycles. The molecule has 0 saturated carbocycles. The van der Waals surface area contributed by atoms with Crippen molar-refractivity contribution >= 4 is 28.6 Å². The standard InChI is InChI=1S/C23H20N2O3/c26-22-18(15-28-21-8-4-2-6-19(21)22)14-17-13-16-5-1-3-7-20(16)24-23(17)25-9-11-27-12-10-25/h1-8,13-14H,9-12,15H2/p+1/b18-14+. The molecule has 0 atom stereocenters. The number of fused-ring (bicyclic) bond motifs is 2. The third-order valence-electron chi connectivity index (χ3n) is 5.26. The van der Waals surface area contributed by atoms with Gasteiger partial charge >= 0.3 is 0 Å². The van der Waals surface area contributed by atoms with E-state index >= 15 is 0 Å². The number of Topliss-reactive ketones (excluding diaryl/α,β-unsaturated/α-hetero) is 1. The lowest BCUT2D eigenvalue weighted by Gasteiger charge is -2.23. The van der Waals surface area contributed by atoms with Crippen LogP contribution in [-0.4, -0.2) is 38.7 Å². The van der Waals surface area contributed by atoms with E-state index in [4.69, 9.17) is 9.47 Å². The molecule has 0 spiro atoms. The van der Waals surface area contributed by atoms with Gasteiger partial charge in [-0.15, -0.1) is 0 Å². The normalized spacial score (nSPS) is 18.2. The third kappa shape index (κ3) is 3.04. The van der Waals surface area contributed by atoms with Gasteiger partial charge in [-0.2, -0.15) is 0 Å². The van der Waals surface area contributed by atoms with E-state index in [1.165, 1.54) is 0 Å². The summed E-state index contributed by atoms with van der Waals surface area (Å²) in [5.41, 5.74) is 3.35. The molecule has 1 N–H and O–H groups in total. The molecule has 0 aliphatic carbocycles. The molecule has 5 nitrogen and oxygen atoms in total. The number of pyridine rings is 1. The monoisotopic (exact) mass is 373 g/mol. The van der Waals surface area contributed by atoms with Crippen LogP contribution in [0.4, 0.5) is 5.82 Å². The molecule has 0 unspecified atom stereocenters. The molecule has 140 valence electrons. The van der Waals surface area contributed by atoms with Gasteiger partial charge in [0.05, 0.1) is 24.3 Å². The van der Waals surface area contributed by atoms with E-state index in [9.17, 15) is 4.79 Å². The molecule has 3 aromatic rings. The minimum atomic E-state index is 0.0305. The van der Waals surface area contributed by atoms with Crippen LogP contribution < -0.4 is 14.6 Å². The minimum Gasteiger partial charge on any atom is -0.488 e. The summed E-state index contributed by atoms with van der Waals surface area (Å²) in [5, 5.41) is 1.11. The molecule has 1 fully saturated rings. The number of nitrogens with zero attached hydrogens (tertiary/aromatic N) is 1. The van der Waals surface area contributed by atoms with Gasteiger partial charge in [0.1, 0.15) is 31.0 Å². The van der Waals surface area contributed by atoms with Crippen molar-refractivity contribution in [2.75, 3.05) is 37.8 Å². The molecular formula is C23H21N2O3+.